The molecule has 0 amide bonds. The Morgan fingerprint density at radius 3 is 1.11 bits per heavy atom. The summed E-state index contributed by atoms with van der Waals surface area (Å²) in [7, 11) is -1.44. The molecule has 1 aliphatic rings. The molecule has 144 valence electrons. The molecule has 1 fully saturated rings. The van der Waals surface area contributed by atoms with Gasteiger partial charge in [0.15, 0.2) is 0 Å². The lowest BCUT2D eigenvalue weighted by molar-refractivity contribution is 0.511. The van der Waals surface area contributed by atoms with Gasteiger partial charge in [0.2, 0.25) is 0 Å². The van der Waals surface area contributed by atoms with Gasteiger partial charge in [-0.05, 0) is 61.4 Å². The van der Waals surface area contributed by atoms with Gasteiger partial charge in [-0.15, -0.1) is 0 Å². The Morgan fingerprint density at radius 2 is 0.857 bits per heavy atom. The van der Waals surface area contributed by atoms with Crippen molar-refractivity contribution >= 4 is 37.8 Å². The van der Waals surface area contributed by atoms with E-state index in [0.717, 1.165) is 34.8 Å². The summed E-state index contributed by atoms with van der Waals surface area (Å²) in [4.78, 5) is 0. The van der Waals surface area contributed by atoms with Gasteiger partial charge in [-0.2, -0.15) is 0 Å². The van der Waals surface area contributed by atoms with E-state index in [2.05, 4.69) is 24.3 Å². The summed E-state index contributed by atoms with van der Waals surface area (Å²) >= 11 is 0. The van der Waals surface area contributed by atoms with Crippen molar-refractivity contribution in [3.05, 3.63) is 73.6 Å². The molecular formula is C22H22O4P2. The second kappa shape index (κ2) is 8.15. The molecule has 0 radical (unpaired) electrons. The SMILES string of the molecule is c1coc(P(c2ccco2)[C@@H]2CCCC[C@H]2P(c2ccco2)c2ccco2)c1. The molecule has 0 aromatic carbocycles. The molecule has 4 heterocycles. The van der Waals surface area contributed by atoms with Crippen LogP contribution in [-0.4, -0.2) is 11.3 Å². The summed E-state index contributed by atoms with van der Waals surface area (Å²) in [6.07, 6.45) is 11.9. The van der Waals surface area contributed by atoms with Crippen LogP contribution in [0.5, 0.6) is 0 Å². The van der Waals surface area contributed by atoms with Crippen molar-refractivity contribution in [2.24, 2.45) is 0 Å². The van der Waals surface area contributed by atoms with Crippen LogP contribution >= 0.6 is 15.8 Å². The van der Waals surface area contributed by atoms with Crippen LogP contribution in [0.25, 0.3) is 0 Å². The summed E-state index contributed by atoms with van der Waals surface area (Å²) < 4.78 is 23.6. The largest absolute Gasteiger partial charge is 0.464 e. The summed E-state index contributed by atoms with van der Waals surface area (Å²) in [6, 6.07) is 16.3. The molecule has 0 N–H and O–H groups in total. The van der Waals surface area contributed by atoms with Crippen LogP contribution in [0.15, 0.2) is 91.3 Å². The maximum absolute atomic E-state index is 5.91. The third-order valence-electron chi connectivity index (χ3n) is 5.33. The lowest BCUT2D eigenvalue weighted by Crippen LogP contribution is -2.36. The third kappa shape index (κ3) is 3.41. The minimum Gasteiger partial charge on any atom is -0.464 e. The molecule has 28 heavy (non-hydrogen) atoms. The maximum atomic E-state index is 5.91. The minimum absolute atomic E-state index is 0.461. The highest BCUT2D eigenvalue weighted by Crippen LogP contribution is 2.56. The minimum atomic E-state index is -0.719. The third-order valence-corrected chi connectivity index (χ3v) is 11.0. The Morgan fingerprint density at radius 1 is 0.536 bits per heavy atom. The molecule has 0 bridgehead atoms. The lowest BCUT2D eigenvalue weighted by Gasteiger charge is -2.38. The van der Waals surface area contributed by atoms with E-state index in [-0.39, 0.29) is 0 Å². The summed E-state index contributed by atoms with van der Waals surface area (Å²) in [5, 5.41) is 0. The van der Waals surface area contributed by atoms with E-state index in [1.165, 1.54) is 12.8 Å². The number of furan rings is 4. The predicted molar refractivity (Wildman–Crippen MR) is 113 cm³/mol. The van der Waals surface area contributed by atoms with Gasteiger partial charge in [0.05, 0.1) is 25.1 Å². The fraction of sp³-hybridized carbons (Fsp3) is 0.273. The van der Waals surface area contributed by atoms with Crippen molar-refractivity contribution in [2.75, 3.05) is 0 Å². The van der Waals surface area contributed by atoms with Gasteiger partial charge < -0.3 is 17.7 Å². The van der Waals surface area contributed by atoms with Gasteiger partial charge in [-0.25, -0.2) is 0 Å². The van der Waals surface area contributed by atoms with E-state index in [1.807, 2.05) is 24.3 Å². The normalized spacial score (nSPS) is 20.2. The Hall–Kier alpha value is -2.02. The number of hydrogen-bond acceptors (Lipinski definition) is 4. The second-order valence-electron chi connectivity index (χ2n) is 6.96. The van der Waals surface area contributed by atoms with Gasteiger partial charge in [0, 0.05) is 27.2 Å². The highest BCUT2D eigenvalue weighted by Gasteiger charge is 2.43. The van der Waals surface area contributed by atoms with Crippen LogP contribution in [0, 0.1) is 0 Å². The van der Waals surface area contributed by atoms with Crippen LogP contribution in [0.1, 0.15) is 25.7 Å². The molecule has 0 aliphatic heterocycles. The van der Waals surface area contributed by atoms with Crippen molar-refractivity contribution in [1.29, 1.82) is 0 Å². The fourth-order valence-electron chi connectivity index (χ4n) is 4.19. The van der Waals surface area contributed by atoms with Gasteiger partial charge in [0.1, 0.15) is 22.0 Å². The Kier molecular flexibility index (Phi) is 5.25. The highest BCUT2D eigenvalue weighted by atomic mass is 31.1. The van der Waals surface area contributed by atoms with Gasteiger partial charge in [0.25, 0.3) is 0 Å². The first-order valence-corrected chi connectivity index (χ1v) is 12.5. The smallest absolute Gasteiger partial charge is 0.133 e. The standard InChI is InChI=1S/C22H22O4P2/c1-2-8-18(28(21-11-5-15-25-21)22-12-6-16-26-22)17(7-1)27(19-9-3-13-23-19)20-10-4-14-24-20/h3-6,9-18H,1-2,7-8H2/t17-,18-/m1/s1. The molecule has 1 saturated carbocycles. The quantitative estimate of drug-likeness (QED) is 0.421. The van der Waals surface area contributed by atoms with E-state index in [1.54, 1.807) is 25.1 Å². The molecule has 5 rings (SSSR count). The molecule has 4 nitrogen and oxygen atoms in total. The molecule has 4 aromatic heterocycles. The van der Waals surface area contributed by atoms with E-state index >= 15 is 0 Å². The first-order chi connectivity index (χ1) is 13.9. The summed E-state index contributed by atoms with van der Waals surface area (Å²) in [5.41, 5.74) is 5.07. The molecule has 0 spiro atoms. The molecule has 0 unspecified atom stereocenters. The van der Waals surface area contributed by atoms with E-state index < -0.39 is 15.8 Å². The Labute approximate surface area is 166 Å². The monoisotopic (exact) mass is 412 g/mol. The maximum Gasteiger partial charge on any atom is 0.133 e. The molecule has 1 aliphatic carbocycles. The lowest BCUT2D eigenvalue weighted by atomic mass is 9.99. The molecule has 4 aromatic rings. The average molecular weight is 412 g/mol. The Bertz CT molecular complexity index is 794. The van der Waals surface area contributed by atoms with Crippen LogP contribution in [0.3, 0.4) is 0 Å². The molecule has 0 saturated heterocycles. The number of hydrogen-bond donors (Lipinski definition) is 0. The van der Waals surface area contributed by atoms with E-state index in [9.17, 15) is 0 Å². The fourth-order valence-corrected chi connectivity index (χ4v) is 10.3. The van der Waals surface area contributed by atoms with E-state index in [4.69, 9.17) is 17.7 Å². The van der Waals surface area contributed by atoms with E-state index in [0.29, 0.717) is 11.3 Å². The average Bonchev–Trinajstić information content (AvgIpc) is 3.52. The second-order valence-corrected chi connectivity index (χ2v) is 11.5. The highest BCUT2D eigenvalue weighted by molar-refractivity contribution is 7.76. The van der Waals surface area contributed by atoms with Crippen molar-refractivity contribution < 1.29 is 17.7 Å². The van der Waals surface area contributed by atoms with Crippen LogP contribution < -0.4 is 22.0 Å². The Balaban J connectivity index is 1.58. The first-order valence-electron chi connectivity index (χ1n) is 9.64. The zero-order chi connectivity index (χ0) is 18.8. The van der Waals surface area contributed by atoms with Crippen LogP contribution in [0.4, 0.5) is 0 Å². The summed E-state index contributed by atoms with van der Waals surface area (Å²) in [6.45, 7) is 0. The number of rotatable bonds is 6. The predicted octanol–water partition coefficient (Wildman–Crippen LogP) is 4.94. The van der Waals surface area contributed by atoms with Crippen molar-refractivity contribution in [3.8, 4) is 0 Å². The molecule has 2 atom stereocenters. The first kappa shape index (κ1) is 18.0. The van der Waals surface area contributed by atoms with Crippen molar-refractivity contribution in [3.63, 3.8) is 0 Å². The van der Waals surface area contributed by atoms with Crippen LogP contribution in [-0.2, 0) is 0 Å². The van der Waals surface area contributed by atoms with Crippen molar-refractivity contribution in [1.82, 2.24) is 0 Å². The molecular weight excluding hydrogens is 390 g/mol. The summed E-state index contributed by atoms with van der Waals surface area (Å²) in [5.74, 6) is 0. The molecule has 6 heteroatoms. The van der Waals surface area contributed by atoms with Gasteiger partial charge >= 0.3 is 0 Å². The topological polar surface area (TPSA) is 52.6 Å². The van der Waals surface area contributed by atoms with Crippen LogP contribution in [0.2, 0.25) is 0 Å². The zero-order valence-electron chi connectivity index (χ0n) is 15.4. The van der Waals surface area contributed by atoms with Crippen molar-refractivity contribution in [2.45, 2.75) is 37.0 Å². The zero-order valence-corrected chi connectivity index (χ0v) is 17.2. The van der Waals surface area contributed by atoms with Gasteiger partial charge in [-0.1, -0.05) is 12.8 Å². The van der Waals surface area contributed by atoms with Gasteiger partial charge in [-0.3, -0.25) is 0 Å².